The SMILES string of the molecule is Cc1ccc(-c2nc3c(c(SCC(=O)Nc4ccc(F)cc4)n2)Cc2cccc(C)c2O3)cc1. The summed E-state index contributed by atoms with van der Waals surface area (Å²) in [5.74, 6) is 1.50. The van der Waals surface area contributed by atoms with Gasteiger partial charge < -0.3 is 10.1 Å². The predicted molar refractivity (Wildman–Crippen MR) is 132 cm³/mol. The molecule has 34 heavy (non-hydrogen) atoms. The molecular weight excluding hydrogens is 449 g/mol. The number of aromatic nitrogens is 2. The Balaban J connectivity index is 1.45. The number of aryl methyl sites for hydroxylation is 2. The Morgan fingerprint density at radius 2 is 1.79 bits per heavy atom. The Morgan fingerprint density at radius 1 is 1.03 bits per heavy atom. The van der Waals surface area contributed by atoms with E-state index in [1.807, 2.05) is 56.3 Å². The van der Waals surface area contributed by atoms with Crippen molar-refractivity contribution in [3.63, 3.8) is 0 Å². The molecule has 1 N–H and O–H groups in total. The van der Waals surface area contributed by atoms with Crippen molar-refractivity contribution in [2.45, 2.75) is 25.3 Å². The van der Waals surface area contributed by atoms with E-state index in [2.05, 4.69) is 5.32 Å². The fourth-order valence-electron chi connectivity index (χ4n) is 3.78. The van der Waals surface area contributed by atoms with Crippen LogP contribution in [0.3, 0.4) is 0 Å². The van der Waals surface area contributed by atoms with Crippen LogP contribution in [0.1, 0.15) is 22.3 Å². The van der Waals surface area contributed by atoms with Crippen LogP contribution in [-0.2, 0) is 11.2 Å². The zero-order chi connectivity index (χ0) is 23.7. The molecule has 1 aliphatic heterocycles. The minimum atomic E-state index is -0.348. The first-order chi connectivity index (χ1) is 16.5. The first kappa shape index (κ1) is 22.1. The van der Waals surface area contributed by atoms with E-state index in [1.165, 1.54) is 36.0 Å². The molecule has 0 saturated carbocycles. The summed E-state index contributed by atoms with van der Waals surface area (Å²) in [6, 6.07) is 19.7. The molecule has 1 aromatic heterocycles. The van der Waals surface area contributed by atoms with Crippen molar-refractivity contribution in [3.05, 3.63) is 94.8 Å². The van der Waals surface area contributed by atoms with E-state index in [0.29, 0.717) is 28.8 Å². The molecule has 0 fully saturated rings. The van der Waals surface area contributed by atoms with Crippen LogP contribution in [0.5, 0.6) is 11.6 Å². The lowest BCUT2D eigenvalue weighted by Gasteiger charge is -2.23. The highest BCUT2D eigenvalue weighted by molar-refractivity contribution is 8.00. The summed E-state index contributed by atoms with van der Waals surface area (Å²) in [6.07, 6.45) is 0.627. The van der Waals surface area contributed by atoms with Gasteiger partial charge in [0.25, 0.3) is 0 Å². The van der Waals surface area contributed by atoms with Gasteiger partial charge in [-0.1, -0.05) is 59.8 Å². The molecule has 0 atom stereocenters. The molecule has 0 bridgehead atoms. The highest BCUT2D eigenvalue weighted by Gasteiger charge is 2.25. The smallest absolute Gasteiger partial charge is 0.234 e. The number of fused-ring (bicyclic) bond motifs is 2. The molecular formula is C27H22FN3O2S. The van der Waals surface area contributed by atoms with Gasteiger partial charge in [0.05, 0.1) is 11.3 Å². The van der Waals surface area contributed by atoms with Gasteiger partial charge >= 0.3 is 0 Å². The van der Waals surface area contributed by atoms with Gasteiger partial charge in [0.15, 0.2) is 5.82 Å². The second-order valence-electron chi connectivity index (χ2n) is 8.19. The Labute approximate surface area is 201 Å². The van der Waals surface area contributed by atoms with Gasteiger partial charge in [0, 0.05) is 17.7 Å². The number of thioether (sulfide) groups is 1. The van der Waals surface area contributed by atoms with Gasteiger partial charge in [-0.3, -0.25) is 4.79 Å². The van der Waals surface area contributed by atoms with Crippen LogP contribution >= 0.6 is 11.8 Å². The summed E-state index contributed by atoms with van der Waals surface area (Å²) in [6.45, 7) is 4.04. The number of carbonyl (C=O) groups is 1. The largest absolute Gasteiger partial charge is 0.438 e. The Hall–Kier alpha value is -3.71. The van der Waals surface area contributed by atoms with E-state index in [4.69, 9.17) is 14.7 Å². The number of hydrogen-bond donors (Lipinski definition) is 1. The molecule has 5 nitrogen and oxygen atoms in total. The summed E-state index contributed by atoms with van der Waals surface area (Å²) >= 11 is 1.34. The lowest BCUT2D eigenvalue weighted by molar-refractivity contribution is -0.113. The van der Waals surface area contributed by atoms with E-state index in [0.717, 1.165) is 33.6 Å². The number of anilines is 1. The maximum atomic E-state index is 13.1. The van der Waals surface area contributed by atoms with Gasteiger partial charge in [0.2, 0.25) is 11.8 Å². The maximum Gasteiger partial charge on any atom is 0.234 e. The van der Waals surface area contributed by atoms with Crippen molar-refractivity contribution in [3.8, 4) is 23.0 Å². The minimum Gasteiger partial charge on any atom is -0.438 e. The fourth-order valence-corrected chi connectivity index (χ4v) is 4.61. The Morgan fingerprint density at radius 3 is 2.56 bits per heavy atom. The molecule has 7 heteroatoms. The van der Waals surface area contributed by atoms with E-state index >= 15 is 0 Å². The second-order valence-corrected chi connectivity index (χ2v) is 9.15. The van der Waals surface area contributed by atoms with Crippen LogP contribution in [0, 0.1) is 19.7 Å². The quantitative estimate of drug-likeness (QED) is 0.240. The number of ether oxygens (including phenoxy) is 1. The zero-order valence-electron chi connectivity index (χ0n) is 18.8. The molecule has 1 aliphatic rings. The third-order valence-corrected chi connectivity index (χ3v) is 6.59. The number of benzene rings is 3. The lowest BCUT2D eigenvalue weighted by Crippen LogP contribution is -2.15. The summed E-state index contributed by atoms with van der Waals surface area (Å²) in [5.41, 5.74) is 5.56. The van der Waals surface area contributed by atoms with Crippen LogP contribution in [0.2, 0.25) is 0 Å². The van der Waals surface area contributed by atoms with Gasteiger partial charge in [-0.2, -0.15) is 4.98 Å². The molecule has 0 radical (unpaired) electrons. The number of nitrogens with one attached hydrogen (secondary N) is 1. The molecule has 0 aliphatic carbocycles. The number of halogens is 1. The predicted octanol–water partition coefficient (Wildman–Crippen LogP) is 6.33. The van der Waals surface area contributed by atoms with Crippen LogP contribution in [0.4, 0.5) is 10.1 Å². The Bertz CT molecular complexity index is 1370. The van der Waals surface area contributed by atoms with Crippen LogP contribution < -0.4 is 10.1 Å². The van der Waals surface area contributed by atoms with E-state index in [9.17, 15) is 9.18 Å². The van der Waals surface area contributed by atoms with Crippen molar-refractivity contribution >= 4 is 23.4 Å². The average molecular weight is 472 g/mol. The van der Waals surface area contributed by atoms with Crippen molar-refractivity contribution in [1.29, 1.82) is 0 Å². The first-order valence-corrected chi connectivity index (χ1v) is 11.9. The van der Waals surface area contributed by atoms with Crippen molar-refractivity contribution in [2.24, 2.45) is 0 Å². The number of carbonyl (C=O) groups excluding carboxylic acids is 1. The number of hydrogen-bond acceptors (Lipinski definition) is 5. The minimum absolute atomic E-state index is 0.148. The highest BCUT2D eigenvalue weighted by atomic mass is 32.2. The zero-order valence-corrected chi connectivity index (χ0v) is 19.6. The van der Waals surface area contributed by atoms with Crippen molar-refractivity contribution in [1.82, 2.24) is 9.97 Å². The average Bonchev–Trinajstić information content (AvgIpc) is 2.84. The van der Waals surface area contributed by atoms with Gasteiger partial charge in [-0.25, -0.2) is 9.37 Å². The fraction of sp³-hybridized carbons (Fsp3) is 0.148. The molecule has 0 spiro atoms. The molecule has 0 saturated heterocycles. The number of rotatable bonds is 5. The number of nitrogens with zero attached hydrogens (tertiary/aromatic N) is 2. The summed E-state index contributed by atoms with van der Waals surface area (Å²) in [4.78, 5) is 22.1. The monoisotopic (exact) mass is 471 g/mol. The van der Waals surface area contributed by atoms with Crippen LogP contribution in [0.15, 0.2) is 71.8 Å². The topological polar surface area (TPSA) is 64.1 Å². The summed E-state index contributed by atoms with van der Waals surface area (Å²) in [7, 11) is 0. The van der Waals surface area contributed by atoms with Gasteiger partial charge in [-0.15, -0.1) is 0 Å². The molecule has 2 heterocycles. The lowest BCUT2D eigenvalue weighted by atomic mass is 10.0. The number of amides is 1. The second kappa shape index (κ2) is 9.27. The summed E-state index contributed by atoms with van der Waals surface area (Å²) < 4.78 is 19.4. The molecule has 1 amide bonds. The standard InChI is InChI=1S/C27H22FN3O2S/c1-16-6-8-18(9-7-16)25-30-26-22(14-19-5-3-4-17(2)24(19)33-26)27(31-25)34-15-23(32)29-21-12-10-20(28)11-13-21/h3-13H,14-15H2,1-2H3,(H,29,32). The third kappa shape index (κ3) is 4.65. The van der Waals surface area contributed by atoms with Crippen molar-refractivity contribution < 1.29 is 13.9 Å². The van der Waals surface area contributed by atoms with E-state index in [1.54, 1.807) is 0 Å². The summed E-state index contributed by atoms with van der Waals surface area (Å²) in [5, 5.41) is 3.50. The van der Waals surface area contributed by atoms with E-state index in [-0.39, 0.29) is 17.5 Å². The number of para-hydroxylation sites is 1. The van der Waals surface area contributed by atoms with Crippen LogP contribution in [0.25, 0.3) is 11.4 Å². The van der Waals surface area contributed by atoms with Gasteiger partial charge in [-0.05, 0) is 49.2 Å². The van der Waals surface area contributed by atoms with Gasteiger partial charge in [0.1, 0.15) is 16.6 Å². The first-order valence-electron chi connectivity index (χ1n) is 10.9. The molecule has 5 rings (SSSR count). The van der Waals surface area contributed by atoms with Crippen LogP contribution in [-0.4, -0.2) is 21.6 Å². The maximum absolute atomic E-state index is 13.1. The van der Waals surface area contributed by atoms with E-state index < -0.39 is 0 Å². The molecule has 170 valence electrons. The molecule has 0 unspecified atom stereocenters. The Kier molecular flexibility index (Phi) is 6.02. The molecule has 3 aromatic carbocycles. The third-order valence-electron chi connectivity index (χ3n) is 5.57. The normalized spacial score (nSPS) is 11.9. The molecule has 4 aromatic rings. The highest BCUT2D eigenvalue weighted by Crippen LogP contribution is 2.41. The van der Waals surface area contributed by atoms with Crippen molar-refractivity contribution in [2.75, 3.05) is 11.1 Å².